The summed E-state index contributed by atoms with van der Waals surface area (Å²) in [7, 11) is -0.749. The third kappa shape index (κ3) is 4.20. The van der Waals surface area contributed by atoms with E-state index in [0.717, 1.165) is 4.31 Å². The van der Waals surface area contributed by atoms with Gasteiger partial charge in [0.2, 0.25) is 10.0 Å². The van der Waals surface area contributed by atoms with Crippen LogP contribution in [0.25, 0.3) is 0 Å². The number of ether oxygens (including phenoxy) is 1. The van der Waals surface area contributed by atoms with Crippen LogP contribution in [0.2, 0.25) is 0 Å². The SMILES string of the molecule is CCOC(=O)c1c(C)[nH]c(C(=O)Nc2cccc(S(=O)(=O)N(C)C)c2)c1C. The number of rotatable bonds is 6. The van der Waals surface area contributed by atoms with E-state index >= 15 is 0 Å². The molecule has 0 fully saturated rings. The van der Waals surface area contributed by atoms with Gasteiger partial charge in [-0.3, -0.25) is 4.79 Å². The molecule has 0 saturated carbocycles. The second kappa shape index (κ2) is 7.93. The topological polar surface area (TPSA) is 109 Å². The average molecular weight is 393 g/mol. The Kier molecular flexibility index (Phi) is 6.07. The molecule has 9 heteroatoms. The molecular weight excluding hydrogens is 370 g/mol. The van der Waals surface area contributed by atoms with E-state index in [-0.39, 0.29) is 17.2 Å². The molecule has 1 amide bonds. The highest BCUT2D eigenvalue weighted by Crippen LogP contribution is 2.22. The van der Waals surface area contributed by atoms with Crippen LogP contribution in [0.15, 0.2) is 29.2 Å². The van der Waals surface area contributed by atoms with E-state index in [0.29, 0.717) is 22.5 Å². The maximum atomic E-state index is 12.6. The van der Waals surface area contributed by atoms with E-state index < -0.39 is 21.9 Å². The molecule has 0 radical (unpaired) electrons. The second-order valence-electron chi connectivity index (χ2n) is 6.11. The van der Waals surface area contributed by atoms with Crippen LogP contribution in [0, 0.1) is 13.8 Å². The zero-order chi connectivity index (χ0) is 20.4. The largest absolute Gasteiger partial charge is 0.462 e. The number of benzene rings is 1. The van der Waals surface area contributed by atoms with Gasteiger partial charge in [-0.25, -0.2) is 17.5 Å². The van der Waals surface area contributed by atoms with Crippen molar-refractivity contribution < 1.29 is 22.7 Å². The molecule has 8 nitrogen and oxygen atoms in total. The van der Waals surface area contributed by atoms with Crippen molar-refractivity contribution in [2.45, 2.75) is 25.7 Å². The maximum Gasteiger partial charge on any atom is 0.340 e. The van der Waals surface area contributed by atoms with Gasteiger partial charge in [-0.2, -0.15) is 0 Å². The monoisotopic (exact) mass is 393 g/mol. The van der Waals surface area contributed by atoms with Crippen molar-refractivity contribution in [1.29, 1.82) is 0 Å². The number of esters is 1. The number of nitrogens with one attached hydrogen (secondary N) is 2. The molecule has 1 heterocycles. The third-order valence-corrected chi connectivity index (χ3v) is 5.83. The highest BCUT2D eigenvalue weighted by molar-refractivity contribution is 7.89. The van der Waals surface area contributed by atoms with Gasteiger partial charge in [-0.15, -0.1) is 0 Å². The molecule has 2 N–H and O–H groups in total. The van der Waals surface area contributed by atoms with Crippen molar-refractivity contribution in [2.75, 3.05) is 26.0 Å². The molecule has 146 valence electrons. The highest BCUT2D eigenvalue weighted by atomic mass is 32.2. The smallest absolute Gasteiger partial charge is 0.340 e. The number of hydrogen-bond acceptors (Lipinski definition) is 5. The summed E-state index contributed by atoms with van der Waals surface area (Å²) in [6.07, 6.45) is 0. The summed E-state index contributed by atoms with van der Waals surface area (Å²) < 4.78 is 30.6. The standard InChI is InChI=1S/C18H23N3O5S/c1-6-26-18(23)15-11(2)16(19-12(15)3)17(22)20-13-8-7-9-14(10-13)27(24,25)21(4)5/h7-10,19H,6H2,1-5H3,(H,20,22). The van der Waals surface area contributed by atoms with E-state index in [1.165, 1.54) is 26.2 Å². The summed E-state index contributed by atoms with van der Waals surface area (Å²) >= 11 is 0. The van der Waals surface area contributed by atoms with Gasteiger partial charge < -0.3 is 15.0 Å². The van der Waals surface area contributed by atoms with Gasteiger partial charge >= 0.3 is 5.97 Å². The van der Waals surface area contributed by atoms with Crippen LogP contribution < -0.4 is 5.32 Å². The van der Waals surface area contributed by atoms with Crippen LogP contribution in [0.3, 0.4) is 0 Å². The van der Waals surface area contributed by atoms with Crippen molar-refractivity contribution in [3.05, 3.63) is 46.8 Å². The van der Waals surface area contributed by atoms with Gasteiger partial charge in [-0.1, -0.05) is 6.07 Å². The number of anilines is 1. The minimum Gasteiger partial charge on any atom is -0.462 e. The van der Waals surface area contributed by atoms with Gasteiger partial charge in [-0.05, 0) is 44.5 Å². The van der Waals surface area contributed by atoms with Crippen LogP contribution in [-0.2, 0) is 14.8 Å². The summed E-state index contributed by atoms with van der Waals surface area (Å²) in [4.78, 5) is 27.6. The Bertz CT molecular complexity index is 977. The fourth-order valence-corrected chi connectivity index (χ4v) is 3.57. The number of carbonyl (C=O) groups is 2. The molecule has 0 bridgehead atoms. The first kappa shape index (κ1) is 20.7. The third-order valence-electron chi connectivity index (χ3n) is 4.01. The number of aromatic nitrogens is 1. The minimum atomic E-state index is -3.62. The molecule has 27 heavy (non-hydrogen) atoms. The molecule has 0 saturated heterocycles. The molecule has 1 aromatic heterocycles. The predicted molar refractivity (Wildman–Crippen MR) is 101 cm³/mol. The van der Waals surface area contributed by atoms with Gasteiger partial charge in [0.05, 0.1) is 17.1 Å². The first-order valence-corrected chi connectivity index (χ1v) is 9.73. The first-order chi connectivity index (χ1) is 12.6. The fraction of sp³-hybridized carbons (Fsp3) is 0.333. The normalized spacial score (nSPS) is 11.5. The predicted octanol–water partition coefficient (Wildman–Crippen LogP) is 2.31. The Labute approximate surface area is 158 Å². The molecule has 0 aliphatic carbocycles. The van der Waals surface area contributed by atoms with Gasteiger partial charge in [0.15, 0.2) is 0 Å². The highest BCUT2D eigenvalue weighted by Gasteiger charge is 2.23. The van der Waals surface area contributed by atoms with Crippen molar-refractivity contribution in [3.63, 3.8) is 0 Å². The zero-order valence-electron chi connectivity index (χ0n) is 15.9. The Morgan fingerprint density at radius 1 is 1.22 bits per heavy atom. The summed E-state index contributed by atoms with van der Waals surface area (Å²) in [5, 5.41) is 2.66. The number of aryl methyl sites for hydroxylation is 1. The Morgan fingerprint density at radius 3 is 2.48 bits per heavy atom. The van der Waals surface area contributed by atoms with Crippen molar-refractivity contribution in [2.24, 2.45) is 0 Å². The van der Waals surface area contributed by atoms with Gasteiger partial charge in [0.25, 0.3) is 5.91 Å². The Balaban J connectivity index is 2.32. The fourth-order valence-electron chi connectivity index (χ4n) is 2.63. The lowest BCUT2D eigenvalue weighted by Gasteiger charge is -2.12. The lowest BCUT2D eigenvalue weighted by molar-refractivity contribution is 0.0525. The van der Waals surface area contributed by atoms with E-state index in [1.807, 2.05) is 0 Å². The van der Waals surface area contributed by atoms with Crippen molar-refractivity contribution in [1.82, 2.24) is 9.29 Å². The number of carbonyl (C=O) groups excluding carboxylic acids is 2. The molecule has 2 aromatic rings. The second-order valence-corrected chi connectivity index (χ2v) is 8.27. The van der Waals surface area contributed by atoms with Gasteiger partial charge in [0.1, 0.15) is 5.69 Å². The summed E-state index contributed by atoms with van der Waals surface area (Å²) in [5.41, 5.74) is 1.87. The Morgan fingerprint density at radius 2 is 1.89 bits per heavy atom. The number of sulfonamides is 1. The van der Waals surface area contributed by atoms with Crippen molar-refractivity contribution in [3.8, 4) is 0 Å². The van der Waals surface area contributed by atoms with Gasteiger partial charge in [0, 0.05) is 25.5 Å². The van der Waals surface area contributed by atoms with E-state index in [1.54, 1.807) is 32.9 Å². The van der Waals surface area contributed by atoms with E-state index in [9.17, 15) is 18.0 Å². The number of amides is 1. The molecule has 0 aliphatic heterocycles. The van der Waals surface area contributed by atoms with Crippen LogP contribution in [0.5, 0.6) is 0 Å². The summed E-state index contributed by atoms with van der Waals surface area (Å²) in [6, 6.07) is 5.96. The van der Waals surface area contributed by atoms with Crippen LogP contribution >= 0.6 is 0 Å². The minimum absolute atomic E-state index is 0.0666. The molecule has 1 aromatic carbocycles. The number of H-pyrrole nitrogens is 1. The summed E-state index contributed by atoms with van der Waals surface area (Å²) in [5.74, 6) is -0.979. The first-order valence-electron chi connectivity index (χ1n) is 8.29. The molecule has 0 aliphatic rings. The maximum absolute atomic E-state index is 12.6. The molecule has 0 unspecified atom stereocenters. The van der Waals surface area contributed by atoms with Crippen LogP contribution in [-0.4, -0.2) is 50.3 Å². The molecular formula is C18H23N3O5S. The van der Waals surface area contributed by atoms with Crippen LogP contribution in [0.1, 0.15) is 39.0 Å². The quantitative estimate of drug-likeness (QED) is 0.732. The van der Waals surface area contributed by atoms with E-state index in [2.05, 4.69) is 10.3 Å². The number of aromatic amines is 1. The Hall–Kier alpha value is -2.65. The number of nitrogens with zero attached hydrogens (tertiary/aromatic N) is 1. The lowest BCUT2D eigenvalue weighted by atomic mass is 10.1. The number of hydrogen-bond donors (Lipinski definition) is 2. The molecule has 0 spiro atoms. The lowest BCUT2D eigenvalue weighted by Crippen LogP contribution is -2.22. The average Bonchev–Trinajstić information content (AvgIpc) is 2.89. The van der Waals surface area contributed by atoms with E-state index in [4.69, 9.17) is 4.74 Å². The zero-order valence-corrected chi connectivity index (χ0v) is 16.7. The van der Waals surface area contributed by atoms with Crippen molar-refractivity contribution >= 4 is 27.6 Å². The van der Waals surface area contributed by atoms with Crippen LogP contribution in [0.4, 0.5) is 5.69 Å². The molecule has 2 rings (SSSR count). The molecule has 0 atom stereocenters. The summed E-state index contributed by atoms with van der Waals surface area (Å²) in [6.45, 7) is 5.27.